The van der Waals surface area contributed by atoms with Gasteiger partial charge < -0.3 is 14.5 Å². The van der Waals surface area contributed by atoms with Crippen molar-refractivity contribution < 1.29 is 13.2 Å². The molecule has 1 saturated heterocycles. The zero-order chi connectivity index (χ0) is 27.8. The van der Waals surface area contributed by atoms with Crippen molar-refractivity contribution in [2.45, 2.75) is 51.9 Å². The number of rotatable bonds is 6. The first-order chi connectivity index (χ1) is 18.5. The van der Waals surface area contributed by atoms with Gasteiger partial charge in [-0.15, -0.1) is 0 Å². The van der Waals surface area contributed by atoms with Crippen LogP contribution in [0.1, 0.15) is 38.3 Å². The molecule has 0 amide bonds. The molecule has 1 aliphatic heterocycles. The topological polar surface area (TPSA) is 57.2 Å². The number of hydrogen-bond acceptors (Lipinski definition) is 4. The summed E-state index contributed by atoms with van der Waals surface area (Å²) in [5.74, 6) is 0.845. The highest BCUT2D eigenvalue weighted by Gasteiger charge is 2.27. The van der Waals surface area contributed by atoms with Crippen LogP contribution >= 0.6 is 0 Å². The Kier molecular flexibility index (Phi) is 7.29. The zero-order valence-corrected chi connectivity index (χ0v) is 22.6. The molecule has 39 heavy (non-hydrogen) atoms. The van der Waals surface area contributed by atoms with Gasteiger partial charge in [-0.2, -0.15) is 13.2 Å². The highest BCUT2D eigenvalue weighted by molar-refractivity contribution is 5.91. The number of para-hydroxylation sites is 1. The van der Waals surface area contributed by atoms with Crippen LogP contribution in [0.3, 0.4) is 0 Å². The molecule has 0 saturated carbocycles. The van der Waals surface area contributed by atoms with Crippen LogP contribution in [0.4, 0.5) is 18.9 Å². The van der Waals surface area contributed by atoms with Gasteiger partial charge >= 0.3 is 6.18 Å². The van der Waals surface area contributed by atoms with E-state index in [-0.39, 0.29) is 12.0 Å². The predicted molar refractivity (Wildman–Crippen MR) is 149 cm³/mol. The molecule has 1 N–H and O–H groups in total. The first-order valence-electron chi connectivity index (χ1n) is 13.3. The number of H-pyrrole nitrogens is 1. The summed E-state index contributed by atoms with van der Waals surface area (Å²) in [5.41, 5.74) is 5.86. The molecule has 6 nitrogen and oxygen atoms in total. The number of anilines is 1. The molecular weight excluding hydrogens is 503 g/mol. The maximum Gasteiger partial charge on any atom is 0.390 e. The number of aryl methyl sites for hydroxylation is 1. The quantitative estimate of drug-likeness (QED) is 0.330. The summed E-state index contributed by atoms with van der Waals surface area (Å²) in [7, 11) is 0. The van der Waals surface area contributed by atoms with Crippen molar-refractivity contribution in [3.05, 3.63) is 82.3 Å². The van der Waals surface area contributed by atoms with Crippen LogP contribution in [0, 0.1) is 0 Å². The first kappa shape index (κ1) is 27.0. The Hall–Kier alpha value is -3.59. The van der Waals surface area contributed by atoms with E-state index in [0.29, 0.717) is 6.54 Å². The Balaban J connectivity index is 1.26. The van der Waals surface area contributed by atoms with Crippen LogP contribution in [-0.4, -0.2) is 51.8 Å². The van der Waals surface area contributed by atoms with Crippen molar-refractivity contribution >= 4 is 16.7 Å². The van der Waals surface area contributed by atoms with Gasteiger partial charge in [-0.3, -0.25) is 9.69 Å². The lowest BCUT2D eigenvalue weighted by molar-refractivity contribution is -0.136. The molecule has 0 radical (unpaired) electrons. The van der Waals surface area contributed by atoms with E-state index in [1.165, 1.54) is 11.6 Å². The zero-order valence-electron chi connectivity index (χ0n) is 22.6. The minimum atomic E-state index is -4.29. The van der Waals surface area contributed by atoms with Crippen LogP contribution in [0.15, 0.2) is 65.6 Å². The standard InChI is InChI=1S/C30H34F3N5O/c1-29(2,3)23-10-8-22(9-11-23)28-34-24-5-4-6-25(27(24)35-28)37-17-15-36(16-18-37)19-21-7-12-26(39)38(20-21)14-13-30(31,32)33/h4-12,20H,13-19H2,1-3H3,(H,34,35). The van der Waals surface area contributed by atoms with E-state index < -0.39 is 18.2 Å². The molecule has 0 spiro atoms. The third-order valence-electron chi connectivity index (χ3n) is 7.32. The summed E-state index contributed by atoms with van der Waals surface area (Å²) >= 11 is 0. The van der Waals surface area contributed by atoms with E-state index >= 15 is 0 Å². The lowest BCUT2D eigenvalue weighted by Gasteiger charge is -2.36. The molecule has 2 aromatic heterocycles. The summed E-state index contributed by atoms with van der Waals surface area (Å²) in [4.78, 5) is 25.0. The number of halogens is 3. The predicted octanol–water partition coefficient (Wildman–Crippen LogP) is 5.96. The monoisotopic (exact) mass is 537 g/mol. The average Bonchev–Trinajstić information content (AvgIpc) is 3.33. The summed E-state index contributed by atoms with van der Waals surface area (Å²) in [6, 6.07) is 17.8. The van der Waals surface area contributed by atoms with Crippen LogP contribution in [-0.2, 0) is 18.5 Å². The van der Waals surface area contributed by atoms with Crippen molar-refractivity contribution in [1.29, 1.82) is 0 Å². The molecule has 1 fully saturated rings. The molecule has 9 heteroatoms. The third kappa shape index (κ3) is 6.36. The molecule has 0 aliphatic carbocycles. The number of alkyl halides is 3. The molecule has 3 heterocycles. The summed E-state index contributed by atoms with van der Waals surface area (Å²) in [5, 5.41) is 0. The van der Waals surface area contributed by atoms with Crippen molar-refractivity contribution in [2.24, 2.45) is 0 Å². The van der Waals surface area contributed by atoms with Gasteiger partial charge in [0.1, 0.15) is 11.3 Å². The van der Waals surface area contributed by atoms with Crippen molar-refractivity contribution in [1.82, 2.24) is 19.4 Å². The van der Waals surface area contributed by atoms with Gasteiger partial charge in [0.15, 0.2) is 0 Å². The minimum Gasteiger partial charge on any atom is -0.367 e. The second kappa shape index (κ2) is 10.5. The molecule has 5 rings (SSSR count). The van der Waals surface area contributed by atoms with Crippen LogP contribution in [0.25, 0.3) is 22.4 Å². The normalized spacial score (nSPS) is 15.3. The number of pyridine rings is 1. The first-order valence-corrected chi connectivity index (χ1v) is 13.3. The molecular formula is C30H34F3N5O. The lowest BCUT2D eigenvalue weighted by atomic mass is 9.87. The largest absolute Gasteiger partial charge is 0.390 e. The van der Waals surface area contributed by atoms with E-state index in [4.69, 9.17) is 4.98 Å². The maximum absolute atomic E-state index is 12.6. The Labute approximate surface area is 226 Å². The molecule has 4 aromatic rings. The van der Waals surface area contributed by atoms with E-state index in [1.807, 2.05) is 12.1 Å². The highest BCUT2D eigenvalue weighted by Crippen LogP contribution is 2.30. The van der Waals surface area contributed by atoms with E-state index in [0.717, 1.165) is 64.4 Å². The SMILES string of the molecule is CC(C)(C)c1ccc(-c2nc3c(N4CCN(Cc5ccc(=O)n(CCC(F)(F)F)c5)CC4)cccc3[nH]2)cc1. The van der Waals surface area contributed by atoms with Gasteiger partial charge in [0.05, 0.1) is 17.6 Å². The van der Waals surface area contributed by atoms with Gasteiger partial charge in [-0.05, 0) is 28.7 Å². The second-order valence-electron chi connectivity index (χ2n) is 11.3. The van der Waals surface area contributed by atoms with Gasteiger partial charge in [0, 0.05) is 57.1 Å². The second-order valence-corrected chi connectivity index (χ2v) is 11.3. The van der Waals surface area contributed by atoms with Crippen LogP contribution in [0.2, 0.25) is 0 Å². The number of hydrogen-bond donors (Lipinski definition) is 1. The highest BCUT2D eigenvalue weighted by atomic mass is 19.4. The third-order valence-corrected chi connectivity index (χ3v) is 7.32. The molecule has 0 atom stereocenters. The molecule has 2 aromatic carbocycles. The smallest absolute Gasteiger partial charge is 0.367 e. The van der Waals surface area contributed by atoms with Gasteiger partial charge in [-0.1, -0.05) is 57.2 Å². The minimum absolute atomic E-state index is 0.0927. The fourth-order valence-corrected chi connectivity index (χ4v) is 5.04. The van der Waals surface area contributed by atoms with Gasteiger partial charge in [0.25, 0.3) is 5.56 Å². The van der Waals surface area contributed by atoms with E-state index in [1.54, 1.807) is 12.3 Å². The summed E-state index contributed by atoms with van der Waals surface area (Å²) in [6.45, 7) is 10.0. The van der Waals surface area contributed by atoms with Crippen molar-refractivity contribution in [3.63, 3.8) is 0 Å². The van der Waals surface area contributed by atoms with Gasteiger partial charge in [0.2, 0.25) is 0 Å². The molecule has 1 aliphatic rings. The maximum atomic E-state index is 12.6. The fraction of sp³-hybridized carbons (Fsp3) is 0.400. The molecule has 0 unspecified atom stereocenters. The van der Waals surface area contributed by atoms with Crippen molar-refractivity contribution in [2.75, 3.05) is 31.1 Å². The number of imidazole rings is 1. The number of fused-ring (bicyclic) bond motifs is 1. The number of benzene rings is 2. The molecule has 0 bridgehead atoms. The average molecular weight is 538 g/mol. The Morgan fingerprint density at radius 1 is 0.923 bits per heavy atom. The van der Waals surface area contributed by atoms with Crippen LogP contribution in [0.5, 0.6) is 0 Å². The lowest BCUT2D eigenvalue weighted by Crippen LogP contribution is -2.46. The van der Waals surface area contributed by atoms with Crippen molar-refractivity contribution in [3.8, 4) is 11.4 Å². The Bertz CT molecular complexity index is 1490. The Morgan fingerprint density at radius 3 is 2.31 bits per heavy atom. The number of aromatic amines is 1. The van der Waals surface area contributed by atoms with E-state index in [9.17, 15) is 18.0 Å². The number of aromatic nitrogens is 3. The fourth-order valence-electron chi connectivity index (χ4n) is 5.04. The number of nitrogens with zero attached hydrogens (tertiary/aromatic N) is 4. The number of nitrogens with one attached hydrogen (secondary N) is 1. The summed E-state index contributed by atoms with van der Waals surface area (Å²) in [6.07, 6.45) is -3.75. The molecule has 206 valence electrons. The van der Waals surface area contributed by atoms with Crippen LogP contribution < -0.4 is 10.5 Å². The van der Waals surface area contributed by atoms with Gasteiger partial charge in [-0.25, -0.2) is 4.98 Å². The summed E-state index contributed by atoms with van der Waals surface area (Å²) < 4.78 is 39.0. The Morgan fingerprint density at radius 2 is 1.64 bits per heavy atom. The van der Waals surface area contributed by atoms with E-state index in [2.05, 4.69) is 65.9 Å². The number of piperazine rings is 1.